The highest BCUT2D eigenvalue weighted by molar-refractivity contribution is 5.74. The van der Waals surface area contributed by atoms with Crippen LogP contribution in [0.1, 0.15) is 29.7 Å². The molecule has 0 aliphatic heterocycles. The molecule has 0 saturated heterocycles. The van der Waals surface area contributed by atoms with Crippen molar-refractivity contribution in [2.45, 2.75) is 19.9 Å². The van der Waals surface area contributed by atoms with E-state index in [1.807, 2.05) is 55.5 Å². The van der Waals surface area contributed by atoms with E-state index in [0.717, 1.165) is 16.9 Å². The van der Waals surface area contributed by atoms with E-state index in [9.17, 15) is 4.79 Å². The maximum atomic E-state index is 11.5. The van der Waals surface area contributed by atoms with Gasteiger partial charge in [0.15, 0.2) is 0 Å². The van der Waals surface area contributed by atoms with E-state index in [1.54, 1.807) is 7.11 Å². The largest absolute Gasteiger partial charge is 0.497 e. The smallest absolute Gasteiger partial charge is 0.217 e. The summed E-state index contributed by atoms with van der Waals surface area (Å²) in [6.45, 7) is 3.58. The van der Waals surface area contributed by atoms with E-state index in [0.29, 0.717) is 0 Å². The van der Waals surface area contributed by atoms with Crippen LogP contribution in [-0.2, 0) is 4.79 Å². The summed E-state index contributed by atoms with van der Waals surface area (Å²) >= 11 is 0. The molecule has 2 aromatic carbocycles. The topological polar surface area (TPSA) is 38.3 Å². The van der Waals surface area contributed by atoms with Crippen molar-refractivity contribution in [3.05, 3.63) is 65.2 Å². The van der Waals surface area contributed by atoms with Crippen LogP contribution in [-0.4, -0.2) is 13.0 Å². The van der Waals surface area contributed by atoms with Gasteiger partial charge in [-0.25, -0.2) is 0 Å². The summed E-state index contributed by atoms with van der Waals surface area (Å²) in [5.74, 6) is 0.755. The molecule has 104 valence electrons. The number of aryl methyl sites for hydroxylation is 1. The molecule has 0 fully saturated rings. The van der Waals surface area contributed by atoms with Crippen molar-refractivity contribution in [1.82, 2.24) is 5.32 Å². The first kappa shape index (κ1) is 14.1. The number of amides is 1. The lowest BCUT2D eigenvalue weighted by Gasteiger charge is -2.19. The fourth-order valence-electron chi connectivity index (χ4n) is 2.12. The van der Waals surface area contributed by atoms with Crippen LogP contribution >= 0.6 is 0 Å². The zero-order valence-electron chi connectivity index (χ0n) is 12.0. The van der Waals surface area contributed by atoms with Crippen molar-refractivity contribution >= 4 is 5.91 Å². The number of carbonyl (C=O) groups is 1. The normalized spacial score (nSPS) is 11.8. The highest BCUT2D eigenvalue weighted by atomic mass is 16.5. The molecule has 0 bridgehead atoms. The van der Waals surface area contributed by atoms with Gasteiger partial charge in [0.25, 0.3) is 0 Å². The molecule has 3 heteroatoms. The SMILES string of the molecule is COc1ccc([C@H](NC(C)=O)c2ccc(C)cc2)cc1. The molecule has 0 spiro atoms. The first-order chi connectivity index (χ1) is 9.60. The van der Waals surface area contributed by atoms with Crippen LogP contribution in [0.2, 0.25) is 0 Å². The number of rotatable bonds is 4. The summed E-state index contributed by atoms with van der Waals surface area (Å²) in [6.07, 6.45) is 0. The van der Waals surface area contributed by atoms with Gasteiger partial charge in [-0.05, 0) is 30.2 Å². The van der Waals surface area contributed by atoms with Gasteiger partial charge in [-0.2, -0.15) is 0 Å². The average Bonchev–Trinajstić information content (AvgIpc) is 2.46. The van der Waals surface area contributed by atoms with Crippen molar-refractivity contribution in [3.63, 3.8) is 0 Å². The first-order valence-electron chi connectivity index (χ1n) is 6.58. The van der Waals surface area contributed by atoms with Crippen molar-refractivity contribution in [3.8, 4) is 5.75 Å². The molecule has 0 aliphatic rings. The Balaban J connectivity index is 2.35. The number of nitrogens with one attached hydrogen (secondary N) is 1. The van der Waals surface area contributed by atoms with E-state index < -0.39 is 0 Å². The Hall–Kier alpha value is -2.29. The van der Waals surface area contributed by atoms with E-state index in [2.05, 4.69) is 5.32 Å². The number of carbonyl (C=O) groups excluding carboxylic acids is 1. The number of hydrogen-bond donors (Lipinski definition) is 1. The van der Waals surface area contributed by atoms with Crippen LogP contribution in [0.15, 0.2) is 48.5 Å². The van der Waals surface area contributed by atoms with Gasteiger partial charge in [-0.1, -0.05) is 42.0 Å². The standard InChI is InChI=1S/C17H19NO2/c1-12-4-6-14(7-5-12)17(18-13(2)19)15-8-10-16(20-3)11-9-15/h4-11,17H,1-3H3,(H,18,19)/t17-/m1/s1. The number of ether oxygens (including phenoxy) is 1. The Kier molecular flexibility index (Phi) is 4.41. The number of hydrogen-bond acceptors (Lipinski definition) is 2. The molecule has 0 saturated carbocycles. The van der Waals surface area contributed by atoms with E-state index >= 15 is 0 Å². The Morgan fingerprint density at radius 1 is 1.00 bits per heavy atom. The summed E-state index contributed by atoms with van der Waals surface area (Å²) in [5, 5.41) is 2.99. The molecule has 0 radical (unpaired) electrons. The molecule has 0 aromatic heterocycles. The van der Waals surface area contributed by atoms with Crippen LogP contribution in [0.25, 0.3) is 0 Å². The van der Waals surface area contributed by atoms with Crippen LogP contribution in [0.3, 0.4) is 0 Å². The minimum absolute atomic E-state index is 0.0496. The van der Waals surface area contributed by atoms with Crippen LogP contribution < -0.4 is 10.1 Å². The van der Waals surface area contributed by atoms with Crippen molar-refractivity contribution in [2.24, 2.45) is 0 Å². The molecule has 3 nitrogen and oxygen atoms in total. The molecule has 0 unspecified atom stereocenters. The summed E-state index contributed by atoms with van der Waals surface area (Å²) < 4.78 is 5.16. The maximum Gasteiger partial charge on any atom is 0.217 e. The lowest BCUT2D eigenvalue weighted by atomic mass is 9.97. The molecular weight excluding hydrogens is 250 g/mol. The molecule has 2 aromatic rings. The Morgan fingerprint density at radius 3 is 1.95 bits per heavy atom. The van der Waals surface area contributed by atoms with Gasteiger partial charge in [0, 0.05) is 6.92 Å². The third-order valence-electron chi connectivity index (χ3n) is 3.21. The third-order valence-corrected chi connectivity index (χ3v) is 3.21. The molecule has 0 heterocycles. The zero-order valence-corrected chi connectivity index (χ0v) is 12.0. The van der Waals surface area contributed by atoms with Crippen LogP contribution in [0.4, 0.5) is 0 Å². The Bertz CT molecular complexity index is 573. The second kappa shape index (κ2) is 6.24. The van der Waals surface area contributed by atoms with Crippen LogP contribution in [0, 0.1) is 6.92 Å². The lowest BCUT2D eigenvalue weighted by molar-refractivity contribution is -0.119. The second-order valence-electron chi connectivity index (χ2n) is 4.82. The first-order valence-corrected chi connectivity index (χ1v) is 6.58. The monoisotopic (exact) mass is 269 g/mol. The van der Waals surface area contributed by atoms with Crippen molar-refractivity contribution in [2.75, 3.05) is 7.11 Å². The quantitative estimate of drug-likeness (QED) is 0.925. The Labute approximate surface area is 119 Å². The average molecular weight is 269 g/mol. The maximum absolute atomic E-state index is 11.5. The minimum Gasteiger partial charge on any atom is -0.497 e. The zero-order chi connectivity index (χ0) is 14.5. The molecule has 1 amide bonds. The Morgan fingerprint density at radius 2 is 1.50 bits per heavy atom. The van der Waals surface area contributed by atoms with E-state index in [-0.39, 0.29) is 11.9 Å². The van der Waals surface area contributed by atoms with E-state index in [4.69, 9.17) is 4.74 Å². The summed E-state index contributed by atoms with van der Waals surface area (Å²) in [7, 11) is 1.64. The van der Waals surface area contributed by atoms with Gasteiger partial charge < -0.3 is 10.1 Å². The molecule has 2 rings (SSSR count). The summed E-state index contributed by atoms with van der Waals surface area (Å²) in [4.78, 5) is 11.5. The van der Waals surface area contributed by atoms with Gasteiger partial charge in [-0.15, -0.1) is 0 Å². The molecule has 1 N–H and O–H groups in total. The van der Waals surface area contributed by atoms with Gasteiger partial charge in [0.1, 0.15) is 5.75 Å². The number of benzene rings is 2. The fraction of sp³-hybridized carbons (Fsp3) is 0.235. The molecule has 20 heavy (non-hydrogen) atoms. The predicted octanol–water partition coefficient (Wildman–Crippen LogP) is 3.23. The van der Waals surface area contributed by atoms with Gasteiger partial charge in [0.2, 0.25) is 5.91 Å². The summed E-state index contributed by atoms with van der Waals surface area (Å²) in [6, 6.07) is 15.8. The third kappa shape index (κ3) is 3.38. The highest BCUT2D eigenvalue weighted by Gasteiger charge is 2.15. The van der Waals surface area contributed by atoms with Crippen molar-refractivity contribution < 1.29 is 9.53 Å². The van der Waals surface area contributed by atoms with Crippen LogP contribution in [0.5, 0.6) is 5.75 Å². The number of methoxy groups -OCH3 is 1. The molecule has 1 atom stereocenters. The lowest BCUT2D eigenvalue weighted by Crippen LogP contribution is -2.26. The molecular formula is C17H19NO2. The minimum atomic E-state index is -0.140. The molecule has 0 aliphatic carbocycles. The van der Waals surface area contributed by atoms with Crippen molar-refractivity contribution in [1.29, 1.82) is 0 Å². The van der Waals surface area contributed by atoms with Gasteiger partial charge in [-0.3, -0.25) is 4.79 Å². The van der Waals surface area contributed by atoms with Gasteiger partial charge >= 0.3 is 0 Å². The second-order valence-corrected chi connectivity index (χ2v) is 4.82. The summed E-state index contributed by atoms with van der Waals surface area (Å²) in [5.41, 5.74) is 3.30. The van der Waals surface area contributed by atoms with E-state index in [1.165, 1.54) is 12.5 Å². The predicted molar refractivity (Wildman–Crippen MR) is 79.8 cm³/mol. The van der Waals surface area contributed by atoms with Gasteiger partial charge in [0.05, 0.1) is 13.2 Å². The highest BCUT2D eigenvalue weighted by Crippen LogP contribution is 2.24. The fourth-order valence-corrected chi connectivity index (χ4v) is 2.12.